The Bertz CT molecular complexity index is 151. The van der Waals surface area contributed by atoms with E-state index in [0.29, 0.717) is 0 Å². The molecule has 0 aliphatic rings. The van der Waals surface area contributed by atoms with Gasteiger partial charge in [-0.3, -0.25) is 0 Å². The van der Waals surface area contributed by atoms with Crippen LogP contribution in [0, 0.1) is 0 Å². The molecule has 0 spiro atoms. The van der Waals surface area contributed by atoms with Crippen LogP contribution >= 0.6 is 0 Å². The minimum Gasteiger partial charge on any atom is -0.395 e. The number of urea groups is 1. The number of aliphatic hydroxyl groups is 1. The largest absolute Gasteiger partial charge is 0.395 e. The molecule has 2 amide bonds. The lowest BCUT2D eigenvalue weighted by atomic mass is 10.4. The SMILES string of the molecule is CC(C)=CNC(=O)NCCO. The van der Waals surface area contributed by atoms with Crippen molar-refractivity contribution >= 4 is 6.03 Å². The Labute approximate surface area is 66.3 Å². The Kier molecular flexibility index (Phi) is 5.20. The molecule has 0 aromatic rings. The Morgan fingerprint density at radius 2 is 2.18 bits per heavy atom. The van der Waals surface area contributed by atoms with E-state index in [9.17, 15) is 4.79 Å². The van der Waals surface area contributed by atoms with Gasteiger partial charge in [-0.05, 0) is 13.8 Å². The molecule has 0 radical (unpaired) electrons. The molecule has 0 aliphatic heterocycles. The molecule has 0 fully saturated rings. The zero-order valence-electron chi connectivity index (χ0n) is 6.85. The fraction of sp³-hybridized carbons (Fsp3) is 0.571. The Morgan fingerprint density at radius 3 is 2.64 bits per heavy atom. The number of amides is 2. The molecule has 11 heavy (non-hydrogen) atoms. The zero-order chi connectivity index (χ0) is 8.69. The van der Waals surface area contributed by atoms with Gasteiger partial charge in [-0.2, -0.15) is 0 Å². The second-order valence-corrected chi connectivity index (χ2v) is 2.35. The van der Waals surface area contributed by atoms with Crippen LogP contribution in [0.15, 0.2) is 11.8 Å². The third-order valence-corrected chi connectivity index (χ3v) is 0.889. The first-order chi connectivity index (χ1) is 5.16. The van der Waals surface area contributed by atoms with Gasteiger partial charge in [0.05, 0.1) is 6.61 Å². The maximum Gasteiger partial charge on any atom is 0.318 e. The van der Waals surface area contributed by atoms with Crippen molar-refractivity contribution in [1.82, 2.24) is 10.6 Å². The summed E-state index contributed by atoms with van der Waals surface area (Å²) < 4.78 is 0. The van der Waals surface area contributed by atoms with Gasteiger partial charge >= 0.3 is 6.03 Å². The highest BCUT2D eigenvalue weighted by atomic mass is 16.3. The third-order valence-electron chi connectivity index (χ3n) is 0.889. The van der Waals surface area contributed by atoms with Crippen molar-refractivity contribution in [2.75, 3.05) is 13.2 Å². The van der Waals surface area contributed by atoms with Gasteiger partial charge in [0.25, 0.3) is 0 Å². The molecule has 0 heterocycles. The van der Waals surface area contributed by atoms with E-state index in [2.05, 4.69) is 10.6 Å². The number of rotatable bonds is 3. The molecule has 4 heteroatoms. The van der Waals surface area contributed by atoms with E-state index < -0.39 is 0 Å². The standard InChI is InChI=1S/C7H14N2O2/c1-6(2)5-9-7(11)8-3-4-10/h5,10H,3-4H2,1-2H3,(H2,8,9,11). The average molecular weight is 158 g/mol. The topological polar surface area (TPSA) is 61.4 Å². The average Bonchev–Trinajstić information content (AvgIpc) is 1.97. The predicted molar refractivity (Wildman–Crippen MR) is 43.1 cm³/mol. The van der Waals surface area contributed by atoms with Gasteiger partial charge in [-0.15, -0.1) is 0 Å². The summed E-state index contributed by atoms with van der Waals surface area (Å²) in [5.41, 5.74) is 1.02. The Balaban J connectivity index is 3.45. The minimum atomic E-state index is -0.291. The van der Waals surface area contributed by atoms with E-state index in [0.717, 1.165) is 5.57 Å². The summed E-state index contributed by atoms with van der Waals surface area (Å²) in [6.07, 6.45) is 1.60. The van der Waals surface area contributed by atoms with E-state index >= 15 is 0 Å². The molecule has 0 aliphatic carbocycles. The van der Waals surface area contributed by atoms with Gasteiger partial charge in [0.2, 0.25) is 0 Å². The summed E-state index contributed by atoms with van der Waals surface area (Å²) in [6.45, 7) is 4.00. The lowest BCUT2D eigenvalue weighted by Gasteiger charge is -2.01. The van der Waals surface area contributed by atoms with Crippen LogP contribution in [0.4, 0.5) is 4.79 Å². The maximum absolute atomic E-state index is 10.7. The minimum absolute atomic E-state index is 0.0394. The van der Waals surface area contributed by atoms with E-state index in [1.807, 2.05) is 13.8 Å². The smallest absolute Gasteiger partial charge is 0.318 e. The van der Waals surface area contributed by atoms with Crippen molar-refractivity contribution in [3.63, 3.8) is 0 Å². The van der Waals surface area contributed by atoms with Crippen LogP contribution in [0.5, 0.6) is 0 Å². The van der Waals surface area contributed by atoms with Crippen LogP contribution in [0.25, 0.3) is 0 Å². The van der Waals surface area contributed by atoms with Crippen LogP contribution in [-0.2, 0) is 0 Å². The second kappa shape index (κ2) is 5.73. The highest BCUT2D eigenvalue weighted by Gasteiger charge is 1.93. The molecule has 0 bridgehead atoms. The Hall–Kier alpha value is -1.03. The summed E-state index contributed by atoms with van der Waals surface area (Å²) in [7, 11) is 0. The molecule has 4 nitrogen and oxygen atoms in total. The summed E-state index contributed by atoms with van der Waals surface area (Å²) >= 11 is 0. The van der Waals surface area contributed by atoms with Crippen molar-refractivity contribution in [3.8, 4) is 0 Å². The monoisotopic (exact) mass is 158 g/mol. The quantitative estimate of drug-likeness (QED) is 0.549. The van der Waals surface area contributed by atoms with Gasteiger partial charge in [0, 0.05) is 12.7 Å². The molecule has 0 saturated heterocycles. The van der Waals surface area contributed by atoms with Crippen LogP contribution in [0.3, 0.4) is 0 Å². The normalized spacial score (nSPS) is 8.64. The molecule has 0 saturated carbocycles. The second-order valence-electron chi connectivity index (χ2n) is 2.35. The van der Waals surface area contributed by atoms with Crippen LogP contribution < -0.4 is 10.6 Å². The van der Waals surface area contributed by atoms with E-state index in [1.54, 1.807) is 6.20 Å². The lowest BCUT2D eigenvalue weighted by Crippen LogP contribution is -2.34. The number of aliphatic hydroxyl groups excluding tert-OH is 1. The summed E-state index contributed by atoms with van der Waals surface area (Å²) in [4.78, 5) is 10.7. The molecule has 0 aromatic heterocycles. The van der Waals surface area contributed by atoms with Crippen molar-refractivity contribution in [3.05, 3.63) is 11.8 Å². The first-order valence-electron chi connectivity index (χ1n) is 3.45. The van der Waals surface area contributed by atoms with E-state index in [1.165, 1.54) is 0 Å². The first-order valence-corrected chi connectivity index (χ1v) is 3.45. The first kappa shape index (κ1) is 9.97. The summed E-state index contributed by atoms with van der Waals surface area (Å²) in [5.74, 6) is 0. The molecule has 0 atom stereocenters. The highest BCUT2D eigenvalue weighted by Crippen LogP contribution is 1.82. The number of nitrogens with one attached hydrogen (secondary N) is 2. The Morgan fingerprint density at radius 1 is 1.55 bits per heavy atom. The highest BCUT2D eigenvalue weighted by molar-refractivity contribution is 5.74. The fourth-order valence-corrected chi connectivity index (χ4v) is 0.430. The summed E-state index contributed by atoms with van der Waals surface area (Å²) in [6, 6.07) is -0.291. The van der Waals surface area contributed by atoms with Crippen molar-refractivity contribution in [1.29, 1.82) is 0 Å². The van der Waals surface area contributed by atoms with Crippen LogP contribution in [0.1, 0.15) is 13.8 Å². The molecular formula is C7H14N2O2. The molecule has 3 N–H and O–H groups in total. The van der Waals surface area contributed by atoms with Gasteiger partial charge in [0.1, 0.15) is 0 Å². The molecule has 0 unspecified atom stereocenters. The van der Waals surface area contributed by atoms with Crippen molar-refractivity contribution in [2.45, 2.75) is 13.8 Å². The maximum atomic E-state index is 10.7. The van der Waals surface area contributed by atoms with Gasteiger partial charge in [-0.25, -0.2) is 4.79 Å². The lowest BCUT2D eigenvalue weighted by molar-refractivity contribution is 0.237. The van der Waals surface area contributed by atoms with Gasteiger partial charge < -0.3 is 15.7 Å². The van der Waals surface area contributed by atoms with Gasteiger partial charge in [0.15, 0.2) is 0 Å². The zero-order valence-corrected chi connectivity index (χ0v) is 6.85. The predicted octanol–water partition coefficient (Wildman–Crippen LogP) is 0.202. The molecule has 0 aromatic carbocycles. The third kappa shape index (κ3) is 6.86. The van der Waals surface area contributed by atoms with Crippen molar-refractivity contribution in [2.24, 2.45) is 0 Å². The number of hydrogen-bond donors (Lipinski definition) is 3. The summed E-state index contributed by atoms with van der Waals surface area (Å²) in [5, 5.41) is 13.3. The number of carbonyl (C=O) groups is 1. The van der Waals surface area contributed by atoms with Crippen LogP contribution in [0.2, 0.25) is 0 Å². The van der Waals surface area contributed by atoms with E-state index in [-0.39, 0.29) is 19.2 Å². The number of hydrogen-bond acceptors (Lipinski definition) is 2. The number of carbonyl (C=O) groups excluding carboxylic acids is 1. The fourth-order valence-electron chi connectivity index (χ4n) is 0.430. The molecule has 64 valence electrons. The van der Waals surface area contributed by atoms with Gasteiger partial charge in [-0.1, -0.05) is 5.57 Å². The molecular weight excluding hydrogens is 144 g/mol. The number of allylic oxidation sites excluding steroid dienone is 1. The van der Waals surface area contributed by atoms with Crippen molar-refractivity contribution < 1.29 is 9.90 Å². The van der Waals surface area contributed by atoms with E-state index in [4.69, 9.17) is 5.11 Å². The molecule has 0 rings (SSSR count). The van der Waals surface area contributed by atoms with Crippen LogP contribution in [-0.4, -0.2) is 24.3 Å².